The zero-order valence-corrected chi connectivity index (χ0v) is 14.7. The van der Waals surface area contributed by atoms with Gasteiger partial charge in [-0.05, 0) is 44.2 Å². The Morgan fingerprint density at radius 1 is 1.23 bits per heavy atom. The first kappa shape index (κ1) is 16.2. The van der Waals surface area contributed by atoms with Gasteiger partial charge in [0.1, 0.15) is 29.0 Å². The molecule has 0 spiro atoms. The predicted molar refractivity (Wildman–Crippen MR) is 100 cm³/mol. The molecule has 0 saturated carbocycles. The van der Waals surface area contributed by atoms with Gasteiger partial charge in [-0.1, -0.05) is 12.1 Å². The molecule has 2 aromatic carbocycles. The van der Waals surface area contributed by atoms with E-state index in [1.165, 1.54) is 0 Å². The van der Waals surface area contributed by atoms with E-state index in [4.69, 9.17) is 15.2 Å². The Labute approximate surface area is 152 Å². The number of rotatable bonds is 2. The van der Waals surface area contributed by atoms with Gasteiger partial charge >= 0.3 is 0 Å². The van der Waals surface area contributed by atoms with Crippen LogP contribution >= 0.6 is 0 Å². The Bertz CT molecular complexity index is 1040. The number of benzene rings is 2. The first-order valence-corrected chi connectivity index (χ1v) is 8.50. The van der Waals surface area contributed by atoms with E-state index in [2.05, 4.69) is 11.1 Å². The van der Waals surface area contributed by atoms with Crippen LogP contribution in [0, 0.1) is 11.3 Å². The van der Waals surface area contributed by atoms with Crippen LogP contribution in [0.2, 0.25) is 0 Å². The molecule has 3 aromatic rings. The van der Waals surface area contributed by atoms with Crippen molar-refractivity contribution in [2.45, 2.75) is 32.0 Å². The largest absolute Gasteiger partial charge is 0.487 e. The molecule has 1 aromatic heterocycles. The lowest BCUT2D eigenvalue weighted by Crippen LogP contribution is -2.36. The standard InChI is InChI=1S/C21H19N3O2/c1-21(2)11-19(15-9-13(12-22)7-8-17(15)26-21)25-18-10-20(23)24-16-6-4-3-5-14(16)18/h3-10,19H,11H2,1-2H3,(H2,23,24)/t19-/m0/s1. The number of fused-ring (bicyclic) bond motifs is 2. The highest BCUT2D eigenvalue weighted by atomic mass is 16.5. The van der Waals surface area contributed by atoms with Crippen molar-refractivity contribution in [3.63, 3.8) is 0 Å². The highest BCUT2D eigenvalue weighted by Crippen LogP contribution is 2.43. The second-order valence-electron chi connectivity index (χ2n) is 7.10. The Morgan fingerprint density at radius 2 is 2.04 bits per heavy atom. The maximum Gasteiger partial charge on any atom is 0.133 e. The summed E-state index contributed by atoms with van der Waals surface area (Å²) in [7, 11) is 0. The van der Waals surface area contributed by atoms with Crippen LogP contribution in [0.25, 0.3) is 10.9 Å². The van der Waals surface area contributed by atoms with Gasteiger partial charge in [-0.15, -0.1) is 0 Å². The van der Waals surface area contributed by atoms with E-state index in [1.54, 1.807) is 12.1 Å². The van der Waals surface area contributed by atoms with E-state index in [1.807, 2.05) is 50.2 Å². The third kappa shape index (κ3) is 2.91. The molecule has 0 amide bonds. The van der Waals surface area contributed by atoms with E-state index >= 15 is 0 Å². The molecule has 26 heavy (non-hydrogen) atoms. The summed E-state index contributed by atoms with van der Waals surface area (Å²) in [6, 6.07) is 17.1. The molecular formula is C21H19N3O2. The number of anilines is 1. The Kier molecular flexibility index (Phi) is 3.69. The molecule has 1 aliphatic rings. The van der Waals surface area contributed by atoms with Crippen molar-refractivity contribution in [3.05, 3.63) is 59.7 Å². The maximum absolute atomic E-state index is 9.24. The molecule has 0 unspecified atom stereocenters. The number of aromatic nitrogens is 1. The molecule has 1 aliphatic heterocycles. The fourth-order valence-corrected chi connectivity index (χ4v) is 3.38. The van der Waals surface area contributed by atoms with Crippen LogP contribution < -0.4 is 15.2 Å². The molecule has 0 bridgehead atoms. The number of nitrogens with zero attached hydrogens (tertiary/aromatic N) is 2. The lowest BCUT2D eigenvalue weighted by molar-refractivity contribution is 0.0225. The summed E-state index contributed by atoms with van der Waals surface area (Å²) in [5.41, 5.74) is 7.84. The zero-order valence-electron chi connectivity index (χ0n) is 14.7. The number of ether oxygens (including phenoxy) is 2. The molecule has 5 nitrogen and oxygen atoms in total. The van der Waals surface area contributed by atoms with Gasteiger partial charge in [0.2, 0.25) is 0 Å². The summed E-state index contributed by atoms with van der Waals surface area (Å²) in [6.45, 7) is 4.06. The maximum atomic E-state index is 9.24. The van der Waals surface area contributed by atoms with E-state index in [0.717, 1.165) is 22.2 Å². The molecule has 4 rings (SSSR count). The van der Waals surface area contributed by atoms with Crippen molar-refractivity contribution >= 4 is 16.7 Å². The highest BCUT2D eigenvalue weighted by molar-refractivity contribution is 5.86. The molecule has 0 aliphatic carbocycles. The van der Waals surface area contributed by atoms with Gasteiger partial charge in [-0.25, -0.2) is 4.98 Å². The summed E-state index contributed by atoms with van der Waals surface area (Å²) in [5, 5.41) is 10.1. The van der Waals surface area contributed by atoms with Crippen LogP contribution in [0.1, 0.15) is 37.5 Å². The number of nitriles is 1. The number of pyridine rings is 1. The van der Waals surface area contributed by atoms with E-state index in [-0.39, 0.29) is 11.7 Å². The number of hydrogen-bond acceptors (Lipinski definition) is 5. The lowest BCUT2D eigenvalue weighted by atomic mass is 9.90. The van der Waals surface area contributed by atoms with Crippen LogP contribution in [-0.2, 0) is 0 Å². The zero-order chi connectivity index (χ0) is 18.3. The normalized spacial score (nSPS) is 17.8. The van der Waals surface area contributed by atoms with Gasteiger partial charge in [0.25, 0.3) is 0 Å². The molecular weight excluding hydrogens is 326 g/mol. The van der Waals surface area contributed by atoms with Crippen LogP contribution in [0.4, 0.5) is 5.82 Å². The van der Waals surface area contributed by atoms with Gasteiger partial charge in [0.05, 0.1) is 17.1 Å². The van der Waals surface area contributed by atoms with E-state index < -0.39 is 0 Å². The number of nitrogen functional groups attached to an aromatic ring is 1. The van der Waals surface area contributed by atoms with Gasteiger partial charge in [-0.2, -0.15) is 5.26 Å². The third-order valence-corrected chi connectivity index (χ3v) is 4.52. The average Bonchev–Trinajstić information content (AvgIpc) is 2.60. The minimum Gasteiger partial charge on any atom is -0.487 e. The second-order valence-corrected chi connectivity index (χ2v) is 7.10. The first-order chi connectivity index (χ1) is 12.4. The second kappa shape index (κ2) is 5.92. The van der Waals surface area contributed by atoms with Crippen molar-refractivity contribution in [1.29, 1.82) is 5.26 Å². The third-order valence-electron chi connectivity index (χ3n) is 4.52. The summed E-state index contributed by atoms with van der Waals surface area (Å²) in [4.78, 5) is 4.36. The van der Waals surface area contributed by atoms with Crippen LogP contribution in [0.3, 0.4) is 0 Å². The van der Waals surface area contributed by atoms with Crippen LogP contribution in [0.5, 0.6) is 11.5 Å². The van der Waals surface area contributed by atoms with Crippen molar-refractivity contribution in [3.8, 4) is 17.6 Å². The summed E-state index contributed by atoms with van der Waals surface area (Å²) in [6.07, 6.45) is 0.415. The minimum atomic E-state index is -0.375. The van der Waals surface area contributed by atoms with Gasteiger partial charge < -0.3 is 15.2 Å². The molecule has 1 atom stereocenters. The van der Waals surface area contributed by atoms with Crippen LogP contribution in [-0.4, -0.2) is 10.6 Å². The molecule has 2 N–H and O–H groups in total. The minimum absolute atomic E-state index is 0.243. The topological polar surface area (TPSA) is 81.2 Å². The molecule has 130 valence electrons. The summed E-state index contributed by atoms with van der Waals surface area (Å²) >= 11 is 0. The van der Waals surface area contributed by atoms with Gasteiger partial charge in [-0.3, -0.25) is 0 Å². The lowest BCUT2D eigenvalue weighted by Gasteiger charge is -2.37. The molecule has 0 saturated heterocycles. The molecule has 5 heteroatoms. The van der Waals surface area contributed by atoms with Crippen LogP contribution in [0.15, 0.2) is 48.5 Å². The Balaban J connectivity index is 1.81. The first-order valence-electron chi connectivity index (χ1n) is 8.50. The predicted octanol–water partition coefficient (Wildman–Crippen LogP) is 4.37. The SMILES string of the molecule is CC1(C)C[C@H](Oc2cc(N)nc3ccccc23)c2cc(C#N)ccc2O1. The average molecular weight is 345 g/mol. The molecule has 0 fully saturated rings. The smallest absolute Gasteiger partial charge is 0.133 e. The van der Waals surface area contributed by atoms with E-state index in [0.29, 0.717) is 23.6 Å². The van der Waals surface area contributed by atoms with Crippen molar-refractivity contribution in [2.75, 3.05) is 5.73 Å². The number of nitrogens with two attached hydrogens (primary N) is 1. The Morgan fingerprint density at radius 3 is 2.85 bits per heavy atom. The fourth-order valence-electron chi connectivity index (χ4n) is 3.38. The van der Waals surface area contributed by atoms with Crippen molar-refractivity contribution in [2.24, 2.45) is 0 Å². The summed E-state index contributed by atoms with van der Waals surface area (Å²) < 4.78 is 12.5. The summed E-state index contributed by atoms with van der Waals surface area (Å²) in [5.74, 6) is 1.84. The molecule has 2 heterocycles. The fraction of sp³-hybridized carbons (Fsp3) is 0.238. The molecule has 0 radical (unpaired) electrons. The van der Waals surface area contributed by atoms with Crippen molar-refractivity contribution in [1.82, 2.24) is 4.98 Å². The monoisotopic (exact) mass is 345 g/mol. The van der Waals surface area contributed by atoms with E-state index in [9.17, 15) is 5.26 Å². The van der Waals surface area contributed by atoms with Crippen molar-refractivity contribution < 1.29 is 9.47 Å². The van der Waals surface area contributed by atoms with Gasteiger partial charge in [0, 0.05) is 23.4 Å². The van der Waals surface area contributed by atoms with Gasteiger partial charge in [0.15, 0.2) is 0 Å². The quantitative estimate of drug-likeness (QED) is 0.746. The number of hydrogen-bond donors (Lipinski definition) is 1. The number of para-hydroxylation sites is 1. The highest BCUT2D eigenvalue weighted by Gasteiger charge is 2.35. The Hall–Kier alpha value is -3.26.